The number of unbranched alkanes of at least 4 members (excludes halogenated alkanes) is 1. The Hall–Kier alpha value is -0.697. The molecule has 0 aromatic carbocycles. The first-order chi connectivity index (χ1) is 7.51. The van der Waals surface area contributed by atoms with Gasteiger partial charge in [-0.05, 0) is 12.3 Å². The molecule has 0 aliphatic rings. The van der Waals surface area contributed by atoms with E-state index in [2.05, 4.69) is 6.92 Å². The van der Waals surface area contributed by atoms with Crippen molar-refractivity contribution in [3.05, 3.63) is 11.6 Å². The van der Waals surface area contributed by atoms with E-state index in [-0.39, 0.29) is 31.0 Å². The SMILES string of the molecule is CCCCC(CC)C/C(=C\C(=O)O)C(=O)O.[Zn]. The Balaban J connectivity index is 0. The molecule has 0 radical (unpaired) electrons. The molecule has 0 aliphatic carbocycles. The van der Waals surface area contributed by atoms with E-state index in [4.69, 9.17) is 10.2 Å². The molecule has 4 nitrogen and oxygen atoms in total. The fraction of sp³-hybridized carbons (Fsp3) is 0.667. The summed E-state index contributed by atoms with van der Waals surface area (Å²) in [4.78, 5) is 21.3. The molecule has 0 rings (SSSR count). The van der Waals surface area contributed by atoms with Crippen molar-refractivity contribution in [3.63, 3.8) is 0 Å². The van der Waals surface area contributed by atoms with Crippen molar-refractivity contribution in [2.24, 2.45) is 5.92 Å². The fourth-order valence-electron chi connectivity index (χ4n) is 1.61. The molecule has 0 spiro atoms. The summed E-state index contributed by atoms with van der Waals surface area (Å²) in [7, 11) is 0. The molecule has 17 heavy (non-hydrogen) atoms. The molecule has 0 aliphatic heterocycles. The monoisotopic (exact) mass is 292 g/mol. The predicted molar refractivity (Wildman–Crippen MR) is 61.3 cm³/mol. The summed E-state index contributed by atoms with van der Waals surface area (Å²) < 4.78 is 0. The van der Waals surface area contributed by atoms with Crippen molar-refractivity contribution in [1.29, 1.82) is 0 Å². The van der Waals surface area contributed by atoms with Crippen molar-refractivity contribution in [3.8, 4) is 0 Å². The quantitative estimate of drug-likeness (QED) is 0.533. The van der Waals surface area contributed by atoms with Gasteiger partial charge in [-0.15, -0.1) is 0 Å². The predicted octanol–water partition coefficient (Wildman–Crippen LogP) is 2.69. The molecule has 0 amide bonds. The molecule has 0 bridgehead atoms. The minimum atomic E-state index is -1.19. The molecule has 2 N–H and O–H groups in total. The maximum atomic E-state index is 10.8. The van der Waals surface area contributed by atoms with Crippen molar-refractivity contribution < 1.29 is 39.3 Å². The smallest absolute Gasteiger partial charge is 0.331 e. The molecular weight excluding hydrogens is 274 g/mol. The van der Waals surface area contributed by atoms with Gasteiger partial charge in [0.2, 0.25) is 0 Å². The van der Waals surface area contributed by atoms with Gasteiger partial charge < -0.3 is 10.2 Å². The van der Waals surface area contributed by atoms with E-state index in [0.29, 0.717) is 6.42 Å². The Bertz CT molecular complexity index is 274. The summed E-state index contributed by atoms with van der Waals surface area (Å²) in [5, 5.41) is 17.4. The summed E-state index contributed by atoms with van der Waals surface area (Å²) in [6.45, 7) is 4.08. The third-order valence-corrected chi connectivity index (χ3v) is 2.62. The number of hydrogen-bond donors (Lipinski definition) is 2. The first-order valence-electron chi connectivity index (χ1n) is 5.68. The number of carboxylic acid groups (broad SMARTS) is 2. The van der Waals surface area contributed by atoms with Crippen LogP contribution in [0.5, 0.6) is 0 Å². The summed E-state index contributed by atoms with van der Waals surface area (Å²) in [5.74, 6) is -2.05. The second-order valence-electron chi connectivity index (χ2n) is 3.93. The molecule has 0 fully saturated rings. The third-order valence-electron chi connectivity index (χ3n) is 2.62. The first kappa shape index (κ1) is 18.7. The van der Waals surface area contributed by atoms with Crippen LogP contribution < -0.4 is 0 Å². The van der Waals surface area contributed by atoms with Crippen LogP contribution in [0.2, 0.25) is 0 Å². The molecule has 1 atom stereocenters. The van der Waals surface area contributed by atoms with Gasteiger partial charge in [-0.25, -0.2) is 9.59 Å². The van der Waals surface area contributed by atoms with Crippen molar-refractivity contribution >= 4 is 11.9 Å². The van der Waals surface area contributed by atoms with E-state index >= 15 is 0 Å². The molecule has 0 heterocycles. The molecule has 5 heteroatoms. The van der Waals surface area contributed by atoms with Crippen molar-refractivity contribution in [2.75, 3.05) is 0 Å². The topological polar surface area (TPSA) is 74.6 Å². The van der Waals surface area contributed by atoms with Crippen LogP contribution in [0.25, 0.3) is 0 Å². The summed E-state index contributed by atoms with van der Waals surface area (Å²) in [6, 6.07) is 0. The van der Waals surface area contributed by atoms with Gasteiger partial charge in [0.15, 0.2) is 0 Å². The molecule has 0 aromatic rings. The van der Waals surface area contributed by atoms with E-state index in [0.717, 1.165) is 31.8 Å². The minimum Gasteiger partial charge on any atom is -0.478 e. The zero-order valence-electron chi connectivity index (χ0n) is 10.6. The minimum absolute atomic E-state index is 0. The van der Waals surface area contributed by atoms with E-state index in [1.54, 1.807) is 0 Å². The average molecular weight is 294 g/mol. The maximum absolute atomic E-state index is 10.8. The standard InChI is InChI=1S/C12H20O4.Zn/c1-3-5-6-9(4-2)7-10(12(15)16)8-11(13)14;/h8-9H,3-7H2,1-2H3,(H,13,14)(H,15,16);/b10-8+;. The summed E-state index contributed by atoms with van der Waals surface area (Å²) >= 11 is 0. The van der Waals surface area contributed by atoms with Gasteiger partial charge in [-0.1, -0.05) is 39.5 Å². The average Bonchev–Trinajstić information content (AvgIpc) is 2.21. The van der Waals surface area contributed by atoms with Crippen LogP contribution in [0, 0.1) is 5.92 Å². The number of aliphatic carboxylic acids is 2. The Kier molecular flexibility index (Phi) is 11.5. The molecule has 0 saturated heterocycles. The second-order valence-corrected chi connectivity index (χ2v) is 3.93. The van der Waals surface area contributed by atoms with Crippen LogP contribution in [-0.4, -0.2) is 22.2 Å². The van der Waals surface area contributed by atoms with Crippen LogP contribution in [0.1, 0.15) is 46.0 Å². The Labute approximate surface area is 115 Å². The van der Waals surface area contributed by atoms with Crippen molar-refractivity contribution in [2.45, 2.75) is 46.0 Å². The summed E-state index contributed by atoms with van der Waals surface area (Å²) in [5.41, 5.74) is -0.00421. The molecular formula is C12H20O4Zn. The van der Waals surface area contributed by atoms with Gasteiger partial charge >= 0.3 is 11.9 Å². The van der Waals surface area contributed by atoms with E-state index in [9.17, 15) is 9.59 Å². The van der Waals surface area contributed by atoms with Crippen LogP contribution in [0.15, 0.2) is 11.6 Å². The maximum Gasteiger partial charge on any atom is 0.331 e. The second kappa shape index (κ2) is 10.5. The van der Waals surface area contributed by atoms with Crippen LogP contribution >= 0.6 is 0 Å². The number of rotatable bonds is 8. The number of hydrogen-bond acceptors (Lipinski definition) is 2. The third kappa shape index (κ3) is 9.05. The zero-order valence-corrected chi connectivity index (χ0v) is 13.6. The van der Waals surface area contributed by atoms with Crippen molar-refractivity contribution in [1.82, 2.24) is 0 Å². The van der Waals surface area contributed by atoms with Gasteiger partial charge in [0, 0.05) is 31.1 Å². The van der Waals surface area contributed by atoms with Gasteiger partial charge in [-0.3, -0.25) is 0 Å². The molecule has 1 unspecified atom stereocenters. The molecule has 0 saturated carbocycles. The van der Waals surface area contributed by atoms with Gasteiger partial charge in [0.05, 0.1) is 0 Å². The molecule has 94 valence electrons. The van der Waals surface area contributed by atoms with Crippen LogP contribution in [0.4, 0.5) is 0 Å². The Morgan fingerprint density at radius 2 is 1.82 bits per heavy atom. The van der Waals surface area contributed by atoms with Crippen LogP contribution in [0.3, 0.4) is 0 Å². The van der Waals surface area contributed by atoms with E-state index in [1.165, 1.54) is 0 Å². The molecule has 0 aromatic heterocycles. The van der Waals surface area contributed by atoms with Gasteiger partial charge in [0.25, 0.3) is 0 Å². The fourth-order valence-corrected chi connectivity index (χ4v) is 1.61. The van der Waals surface area contributed by atoms with Crippen LogP contribution in [-0.2, 0) is 29.1 Å². The van der Waals surface area contributed by atoms with E-state index < -0.39 is 11.9 Å². The first-order valence-corrected chi connectivity index (χ1v) is 5.68. The Morgan fingerprint density at radius 3 is 2.18 bits per heavy atom. The number of carbonyl (C=O) groups is 2. The van der Waals surface area contributed by atoms with Gasteiger partial charge in [0.1, 0.15) is 0 Å². The number of carboxylic acids is 2. The largest absolute Gasteiger partial charge is 0.478 e. The van der Waals surface area contributed by atoms with Gasteiger partial charge in [-0.2, -0.15) is 0 Å². The van der Waals surface area contributed by atoms with E-state index in [1.807, 2.05) is 6.92 Å². The summed E-state index contributed by atoms with van der Waals surface area (Å²) in [6.07, 6.45) is 5.11. The normalized spacial score (nSPS) is 12.7. The Morgan fingerprint density at radius 1 is 1.24 bits per heavy atom. The zero-order chi connectivity index (χ0) is 12.6.